The Balaban J connectivity index is 3.07. The van der Waals surface area contributed by atoms with Crippen LogP contribution in [0.2, 0.25) is 0 Å². The Hall–Kier alpha value is -1.92. The van der Waals surface area contributed by atoms with Crippen LogP contribution in [0.1, 0.15) is 20.3 Å². The Morgan fingerprint density at radius 3 is 2.63 bits per heavy atom. The second-order valence-electron chi connectivity index (χ2n) is 4.03. The normalized spacial score (nSPS) is 10.3. The number of rotatable bonds is 7. The first-order chi connectivity index (χ1) is 8.99. The number of hydrogen-bond donors (Lipinski definition) is 2. The first kappa shape index (κ1) is 15.1. The number of amides is 1. The van der Waals surface area contributed by atoms with E-state index in [1.807, 2.05) is 6.92 Å². The van der Waals surface area contributed by atoms with E-state index in [4.69, 9.17) is 5.73 Å². The quantitative estimate of drug-likeness (QED) is 0.789. The summed E-state index contributed by atoms with van der Waals surface area (Å²) >= 11 is 0. The van der Waals surface area contributed by atoms with Crippen LogP contribution in [0.5, 0.6) is 0 Å². The van der Waals surface area contributed by atoms with Crippen LogP contribution < -0.4 is 16.0 Å². The van der Waals surface area contributed by atoms with Gasteiger partial charge in [0.25, 0.3) is 0 Å². The van der Waals surface area contributed by atoms with Gasteiger partial charge in [-0.3, -0.25) is 4.79 Å². The fraction of sp³-hybridized carbons (Fsp3) is 0.500. The molecule has 0 radical (unpaired) electrons. The lowest BCUT2D eigenvalue weighted by Crippen LogP contribution is -2.35. The first-order valence-electron chi connectivity index (χ1n) is 6.12. The van der Waals surface area contributed by atoms with Crippen LogP contribution in [0, 0.1) is 11.6 Å². The molecule has 5 nitrogen and oxygen atoms in total. The highest BCUT2D eigenvalue weighted by atomic mass is 19.1. The van der Waals surface area contributed by atoms with Crippen molar-refractivity contribution in [3.63, 3.8) is 0 Å². The molecule has 1 aromatic rings. The maximum absolute atomic E-state index is 13.7. The lowest BCUT2D eigenvalue weighted by molar-refractivity contribution is -0.116. The molecule has 0 saturated carbocycles. The van der Waals surface area contributed by atoms with Crippen molar-refractivity contribution in [2.45, 2.75) is 20.3 Å². The number of nitrogens with two attached hydrogens (primary N) is 1. The minimum atomic E-state index is -0.817. The second kappa shape index (κ2) is 6.86. The lowest BCUT2D eigenvalue weighted by atomic mass is 10.3. The van der Waals surface area contributed by atoms with Gasteiger partial charge in [0.2, 0.25) is 5.91 Å². The Morgan fingerprint density at radius 2 is 2.11 bits per heavy atom. The molecule has 0 aliphatic rings. The van der Waals surface area contributed by atoms with Crippen molar-refractivity contribution in [1.82, 2.24) is 4.98 Å². The van der Waals surface area contributed by atoms with Crippen molar-refractivity contribution in [2.24, 2.45) is 5.73 Å². The molecule has 106 valence electrons. The summed E-state index contributed by atoms with van der Waals surface area (Å²) in [6, 6.07) is 0.754. The second-order valence-corrected chi connectivity index (χ2v) is 4.03. The molecule has 0 aromatic carbocycles. The smallest absolute Gasteiger partial charge is 0.236 e. The van der Waals surface area contributed by atoms with Crippen LogP contribution in [-0.4, -0.2) is 30.5 Å². The Labute approximate surface area is 110 Å². The number of hydrogen-bond acceptors (Lipinski definition) is 4. The van der Waals surface area contributed by atoms with E-state index < -0.39 is 17.5 Å². The van der Waals surface area contributed by atoms with Gasteiger partial charge in [-0.2, -0.15) is 0 Å². The molecule has 0 aliphatic carbocycles. The molecule has 0 fully saturated rings. The average Bonchev–Trinajstić information content (AvgIpc) is 2.35. The Kier molecular flexibility index (Phi) is 5.47. The minimum Gasteiger partial charge on any atom is -0.368 e. The molecule has 0 aliphatic heterocycles. The SMILES string of the molecule is CCCNc1nc(N(CC)CC(N)=O)c(F)cc1F. The number of anilines is 2. The molecular formula is C12H18F2N4O. The number of aromatic nitrogens is 1. The highest BCUT2D eigenvalue weighted by molar-refractivity contribution is 5.79. The van der Waals surface area contributed by atoms with E-state index in [0.717, 1.165) is 12.5 Å². The third-order valence-electron chi connectivity index (χ3n) is 2.48. The molecule has 0 saturated heterocycles. The molecular weight excluding hydrogens is 254 g/mol. The standard InChI is InChI=1S/C12H18F2N4O/c1-3-5-16-11-8(13)6-9(14)12(17-11)18(4-2)7-10(15)19/h6H,3-5,7H2,1-2H3,(H2,15,19)(H,16,17). The number of carbonyl (C=O) groups is 1. The van der Waals surface area contributed by atoms with Gasteiger partial charge >= 0.3 is 0 Å². The molecule has 0 bridgehead atoms. The van der Waals surface area contributed by atoms with E-state index in [2.05, 4.69) is 10.3 Å². The maximum Gasteiger partial charge on any atom is 0.236 e. The average molecular weight is 272 g/mol. The summed E-state index contributed by atoms with van der Waals surface area (Å²) in [5.74, 6) is -2.29. The molecule has 3 N–H and O–H groups in total. The van der Waals surface area contributed by atoms with E-state index in [0.29, 0.717) is 13.1 Å². The lowest BCUT2D eigenvalue weighted by Gasteiger charge is -2.21. The van der Waals surface area contributed by atoms with Gasteiger partial charge in [0.05, 0.1) is 6.54 Å². The van der Waals surface area contributed by atoms with Crippen molar-refractivity contribution in [3.8, 4) is 0 Å². The van der Waals surface area contributed by atoms with Crippen molar-refractivity contribution >= 4 is 17.5 Å². The summed E-state index contributed by atoms with van der Waals surface area (Å²) in [5, 5.41) is 2.77. The molecule has 1 aromatic heterocycles. The fourth-order valence-electron chi connectivity index (χ4n) is 1.57. The van der Waals surface area contributed by atoms with E-state index >= 15 is 0 Å². The van der Waals surface area contributed by atoms with Gasteiger partial charge in [-0.15, -0.1) is 0 Å². The molecule has 0 unspecified atom stereocenters. The molecule has 0 spiro atoms. The predicted octanol–water partition coefficient (Wildman–Crippen LogP) is 1.49. The summed E-state index contributed by atoms with van der Waals surface area (Å²) in [6.07, 6.45) is 0.784. The van der Waals surface area contributed by atoms with E-state index in [9.17, 15) is 13.6 Å². The molecule has 7 heteroatoms. The van der Waals surface area contributed by atoms with E-state index in [1.54, 1.807) is 6.92 Å². The van der Waals surface area contributed by atoms with Crippen LogP contribution >= 0.6 is 0 Å². The van der Waals surface area contributed by atoms with Crippen molar-refractivity contribution in [1.29, 1.82) is 0 Å². The summed E-state index contributed by atoms with van der Waals surface area (Å²) < 4.78 is 27.2. The van der Waals surface area contributed by atoms with Crippen molar-refractivity contribution in [2.75, 3.05) is 29.9 Å². The highest BCUT2D eigenvalue weighted by Crippen LogP contribution is 2.22. The fourth-order valence-corrected chi connectivity index (χ4v) is 1.57. The van der Waals surface area contributed by atoms with Gasteiger partial charge in [-0.1, -0.05) is 6.92 Å². The van der Waals surface area contributed by atoms with Crippen LogP contribution in [0.15, 0.2) is 6.07 Å². The van der Waals surface area contributed by atoms with Crippen LogP contribution in [0.3, 0.4) is 0 Å². The summed E-state index contributed by atoms with van der Waals surface area (Å²) in [5.41, 5.74) is 5.08. The summed E-state index contributed by atoms with van der Waals surface area (Å²) in [4.78, 5) is 16.2. The van der Waals surface area contributed by atoms with E-state index in [-0.39, 0.29) is 18.2 Å². The maximum atomic E-state index is 13.7. The number of halogens is 2. The number of likely N-dealkylation sites (N-methyl/N-ethyl adjacent to an activating group) is 1. The largest absolute Gasteiger partial charge is 0.368 e. The van der Waals surface area contributed by atoms with Gasteiger partial charge in [-0.25, -0.2) is 13.8 Å². The van der Waals surface area contributed by atoms with Crippen LogP contribution in [0.25, 0.3) is 0 Å². The first-order valence-corrected chi connectivity index (χ1v) is 6.12. The number of nitrogens with zero attached hydrogens (tertiary/aromatic N) is 2. The summed E-state index contributed by atoms with van der Waals surface area (Å²) in [7, 11) is 0. The zero-order valence-corrected chi connectivity index (χ0v) is 11.0. The van der Waals surface area contributed by atoms with Gasteiger partial charge < -0.3 is 16.0 Å². The van der Waals surface area contributed by atoms with Crippen LogP contribution in [0.4, 0.5) is 20.4 Å². The predicted molar refractivity (Wildman–Crippen MR) is 70.0 cm³/mol. The van der Waals surface area contributed by atoms with Gasteiger partial charge in [0, 0.05) is 19.2 Å². The number of carbonyl (C=O) groups excluding carboxylic acids is 1. The zero-order chi connectivity index (χ0) is 14.4. The summed E-state index contributed by atoms with van der Waals surface area (Å²) in [6.45, 7) is 4.34. The Bertz CT molecular complexity index is 454. The highest BCUT2D eigenvalue weighted by Gasteiger charge is 2.17. The van der Waals surface area contributed by atoms with Gasteiger partial charge in [-0.05, 0) is 13.3 Å². The van der Waals surface area contributed by atoms with Crippen molar-refractivity contribution in [3.05, 3.63) is 17.7 Å². The van der Waals surface area contributed by atoms with Gasteiger partial charge in [0.15, 0.2) is 23.3 Å². The van der Waals surface area contributed by atoms with Crippen molar-refractivity contribution < 1.29 is 13.6 Å². The topological polar surface area (TPSA) is 71.2 Å². The zero-order valence-electron chi connectivity index (χ0n) is 11.0. The Morgan fingerprint density at radius 1 is 1.42 bits per heavy atom. The molecule has 1 heterocycles. The number of nitrogens with one attached hydrogen (secondary N) is 1. The third kappa shape index (κ3) is 4.04. The van der Waals surface area contributed by atoms with Gasteiger partial charge in [0.1, 0.15) is 0 Å². The third-order valence-corrected chi connectivity index (χ3v) is 2.48. The molecule has 1 amide bonds. The number of primary amides is 1. The minimum absolute atomic E-state index is 0.0267. The van der Waals surface area contributed by atoms with E-state index in [1.165, 1.54) is 4.90 Å². The monoisotopic (exact) mass is 272 g/mol. The van der Waals surface area contributed by atoms with Crippen LogP contribution in [-0.2, 0) is 4.79 Å². The molecule has 19 heavy (non-hydrogen) atoms. The number of pyridine rings is 1. The molecule has 1 rings (SSSR count). The molecule has 0 atom stereocenters.